The van der Waals surface area contributed by atoms with Crippen molar-refractivity contribution in [3.8, 4) is 0 Å². The Balaban J connectivity index is 3.91. The van der Waals surface area contributed by atoms with Gasteiger partial charge < -0.3 is 15.7 Å². The summed E-state index contributed by atoms with van der Waals surface area (Å²) in [4.78, 5) is 22.8. The van der Waals surface area contributed by atoms with E-state index in [1.807, 2.05) is 18.7 Å². The first kappa shape index (κ1) is 18.1. The number of thioether (sulfide) groups is 1. The van der Waals surface area contributed by atoms with E-state index in [4.69, 9.17) is 5.11 Å². The van der Waals surface area contributed by atoms with E-state index in [0.717, 1.165) is 25.0 Å². The predicted octanol–water partition coefficient (Wildman–Crippen LogP) is 2.46. The van der Waals surface area contributed by atoms with Crippen LogP contribution in [0.2, 0.25) is 0 Å². The van der Waals surface area contributed by atoms with Gasteiger partial charge in [-0.05, 0) is 38.2 Å². The first-order valence-corrected chi connectivity index (χ1v) is 8.14. The minimum Gasteiger partial charge on any atom is -0.480 e. The third-order valence-electron chi connectivity index (χ3n) is 2.92. The first-order chi connectivity index (χ1) is 8.96. The molecule has 3 N–H and O–H groups in total. The third kappa shape index (κ3) is 7.97. The number of amides is 2. The molecule has 19 heavy (non-hydrogen) atoms. The predicted molar refractivity (Wildman–Crippen MR) is 79.7 cm³/mol. The molecule has 1 atom stereocenters. The summed E-state index contributed by atoms with van der Waals surface area (Å²) < 4.78 is 0. The largest absolute Gasteiger partial charge is 0.480 e. The summed E-state index contributed by atoms with van der Waals surface area (Å²) >= 11 is 1.82. The molecule has 0 aliphatic heterocycles. The fourth-order valence-corrected chi connectivity index (χ4v) is 2.26. The van der Waals surface area contributed by atoms with Gasteiger partial charge in [-0.2, -0.15) is 11.8 Å². The lowest BCUT2D eigenvalue weighted by atomic mass is 9.97. The van der Waals surface area contributed by atoms with Crippen LogP contribution >= 0.6 is 11.8 Å². The monoisotopic (exact) mass is 290 g/mol. The minimum absolute atomic E-state index is 0.400. The molecule has 1 unspecified atom stereocenters. The molecule has 0 saturated carbocycles. The number of aliphatic carboxylic acids is 1. The number of carbonyl (C=O) groups excluding carboxylic acids is 1. The van der Waals surface area contributed by atoms with Gasteiger partial charge in [0.05, 0.1) is 0 Å². The third-order valence-corrected chi connectivity index (χ3v) is 3.62. The Morgan fingerprint density at radius 3 is 2.47 bits per heavy atom. The number of hydrogen-bond acceptors (Lipinski definition) is 3. The molecule has 0 radical (unpaired) electrons. The summed E-state index contributed by atoms with van der Waals surface area (Å²) in [5.74, 6) is 0.143. The number of nitrogens with one attached hydrogen (secondary N) is 2. The van der Waals surface area contributed by atoms with E-state index >= 15 is 0 Å². The molecule has 0 heterocycles. The molecule has 112 valence electrons. The van der Waals surface area contributed by atoms with Gasteiger partial charge in [0.15, 0.2) is 0 Å². The van der Waals surface area contributed by atoms with Gasteiger partial charge in [0.2, 0.25) is 0 Å². The van der Waals surface area contributed by atoms with Crippen LogP contribution in [-0.2, 0) is 4.79 Å². The summed E-state index contributed by atoms with van der Waals surface area (Å²) in [5.41, 5.74) is -1.18. The van der Waals surface area contributed by atoms with Crippen molar-refractivity contribution in [1.29, 1.82) is 0 Å². The lowest BCUT2D eigenvalue weighted by molar-refractivity contribution is -0.144. The minimum atomic E-state index is -1.18. The molecule has 0 aliphatic carbocycles. The molecular formula is C13H26N2O3S. The van der Waals surface area contributed by atoms with Gasteiger partial charge in [0, 0.05) is 6.54 Å². The van der Waals surface area contributed by atoms with Crippen LogP contribution in [-0.4, -0.2) is 41.2 Å². The molecule has 0 fully saturated rings. The van der Waals surface area contributed by atoms with Crippen molar-refractivity contribution >= 4 is 23.8 Å². The van der Waals surface area contributed by atoms with Crippen molar-refractivity contribution in [3.05, 3.63) is 0 Å². The maximum Gasteiger partial charge on any atom is 0.329 e. The number of carboxylic acids is 1. The second kappa shape index (κ2) is 9.95. The molecular weight excluding hydrogens is 264 g/mol. The van der Waals surface area contributed by atoms with Crippen molar-refractivity contribution in [2.24, 2.45) is 0 Å². The van der Waals surface area contributed by atoms with Crippen LogP contribution < -0.4 is 10.6 Å². The van der Waals surface area contributed by atoms with Crippen molar-refractivity contribution in [3.63, 3.8) is 0 Å². The van der Waals surface area contributed by atoms with Crippen LogP contribution in [0.4, 0.5) is 4.79 Å². The Hall–Kier alpha value is -0.910. The van der Waals surface area contributed by atoms with Crippen LogP contribution in [0.1, 0.15) is 46.0 Å². The quantitative estimate of drug-likeness (QED) is 0.540. The summed E-state index contributed by atoms with van der Waals surface area (Å²) in [6.45, 7) is 4.02. The number of rotatable bonds is 10. The number of urea groups is 1. The molecule has 0 aromatic carbocycles. The fraction of sp³-hybridized carbons (Fsp3) is 0.846. The summed E-state index contributed by atoms with van der Waals surface area (Å²) in [7, 11) is 0. The SMILES string of the molecule is CCCC(C)(NC(=O)NCCCCCSC)C(=O)O. The highest BCUT2D eigenvalue weighted by Gasteiger charge is 2.33. The molecule has 5 nitrogen and oxygen atoms in total. The number of hydrogen-bond donors (Lipinski definition) is 3. The molecule has 0 aromatic heterocycles. The van der Waals surface area contributed by atoms with Crippen LogP contribution in [0.3, 0.4) is 0 Å². The Morgan fingerprint density at radius 1 is 1.26 bits per heavy atom. The Labute approximate surface area is 119 Å². The molecule has 0 bridgehead atoms. The van der Waals surface area contributed by atoms with Gasteiger partial charge in [-0.15, -0.1) is 0 Å². The molecule has 0 aliphatic rings. The van der Waals surface area contributed by atoms with Gasteiger partial charge in [0.25, 0.3) is 0 Å². The molecule has 0 spiro atoms. The lowest BCUT2D eigenvalue weighted by Gasteiger charge is -2.25. The van der Waals surface area contributed by atoms with E-state index < -0.39 is 17.5 Å². The first-order valence-electron chi connectivity index (χ1n) is 6.74. The summed E-state index contributed by atoms with van der Waals surface area (Å²) in [6, 6.07) is -0.400. The second-order valence-electron chi connectivity index (χ2n) is 4.82. The van der Waals surface area contributed by atoms with Gasteiger partial charge in [-0.25, -0.2) is 9.59 Å². The molecule has 2 amide bonds. The molecule has 0 rings (SSSR count). The lowest BCUT2D eigenvalue weighted by Crippen LogP contribution is -2.55. The molecule has 0 aromatic rings. The Morgan fingerprint density at radius 2 is 1.95 bits per heavy atom. The van der Waals surface area contributed by atoms with Gasteiger partial charge in [0.1, 0.15) is 5.54 Å². The summed E-state index contributed by atoms with van der Waals surface area (Å²) in [6.07, 6.45) is 6.35. The summed E-state index contributed by atoms with van der Waals surface area (Å²) in [5, 5.41) is 14.4. The van der Waals surface area contributed by atoms with E-state index in [2.05, 4.69) is 16.9 Å². The highest BCUT2D eigenvalue weighted by atomic mass is 32.2. The van der Waals surface area contributed by atoms with E-state index in [0.29, 0.717) is 19.4 Å². The Bertz CT molecular complexity index is 287. The normalized spacial score (nSPS) is 13.6. The average Bonchev–Trinajstić information content (AvgIpc) is 2.33. The van der Waals surface area contributed by atoms with Crippen molar-refractivity contribution < 1.29 is 14.7 Å². The van der Waals surface area contributed by atoms with Crippen LogP contribution in [0.5, 0.6) is 0 Å². The maximum absolute atomic E-state index is 11.6. The molecule has 0 saturated heterocycles. The maximum atomic E-state index is 11.6. The zero-order valence-electron chi connectivity index (χ0n) is 12.1. The topological polar surface area (TPSA) is 78.4 Å². The van der Waals surface area contributed by atoms with Gasteiger partial charge in [-0.3, -0.25) is 0 Å². The molecule has 6 heteroatoms. The van der Waals surface area contributed by atoms with Crippen molar-refractivity contribution in [1.82, 2.24) is 10.6 Å². The van der Waals surface area contributed by atoms with E-state index in [9.17, 15) is 9.59 Å². The van der Waals surface area contributed by atoms with Crippen LogP contribution in [0.25, 0.3) is 0 Å². The standard InChI is InChI=1S/C13H26N2O3S/c1-4-8-13(2,11(16)17)15-12(18)14-9-6-5-7-10-19-3/h4-10H2,1-3H3,(H,16,17)(H2,14,15,18). The van der Waals surface area contributed by atoms with E-state index in [1.165, 1.54) is 6.92 Å². The smallest absolute Gasteiger partial charge is 0.329 e. The zero-order valence-corrected chi connectivity index (χ0v) is 12.9. The zero-order chi connectivity index (χ0) is 14.7. The fourth-order valence-electron chi connectivity index (χ4n) is 1.77. The number of unbranched alkanes of at least 4 members (excludes halogenated alkanes) is 2. The highest BCUT2D eigenvalue weighted by molar-refractivity contribution is 7.98. The van der Waals surface area contributed by atoms with Crippen LogP contribution in [0.15, 0.2) is 0 Å². The number of carbonyl (C=O) groups is 2. The number of carboxylic acid groups (broad SMARTS) is 1. The Kier molecular flexibility index (Phi) is 9.47. The van der Waals surface area contributed by atoms with Gasteiger partial charge >= 0.3 is 12.0 Å². The van der Waals surface area contributed by atoms with E-state index in [-0.39, 0.29) is 0 Å². The van der Waals surface area contributed by atoms with Gasteiger partial charge in [-0.1, -0.05) is 19.8 Å². The van der Waals surface area contributed by atoms with Crippen molar-refractivity contribution in [2.45, 2.75) is 51.5 Å². The highest BCUT2D eigenvalue weighted by Crippen LogP contribution is 2.12. The second-order valence-corrected chi connectivity index (χ2v) is 5.81. The van der Waals surface area contributed by atoms with Crippen molar-refractivity contribution in [2.75, 3.05) is 18.6 Å². The average molecular weight is 290 g/mol. The van der Waals surface area contributed by atoms with E-state index in [1.54, 1.807) is 0 Å². The van der Waals surface area contributed by atoms with Crippen LogP contribution in [0, 0.1) is 0 Å².